The summed E-state index contributed by atoms with van der Waals surface area (Å²) in [6.45, 7) is 0.619. The Hall–Kier alpha value is -1.75. The standard InChI is InChI=1S/C12H15NO4/c1-16-8-3-4-9(17-2)10-7(8)5-6-13-11(10)12(14)15/h3-4,11,13H,5-6H2,1-2H3,(H,14,15). The van der Waals surface area contributed by atoms with Crippen molar-refractivity contribution in [3.8, 4) is 11.5 Å². The van der Waals surface area contributed by atoms with Crippen molar-refractivity contribution in [3.05, 3.63) is 23.3 Å². The quantitative estimate of drug-likeness (QED) is 0.820. The number of hydrogen-bond acceptors (Lipinski definition) is 4. The smallest absolute Gasteiger partial charge is 0.325 e. The Balaban J connectivity index is 2.60. The molecule has 17 heavy (non-hydrogen) atoms. The summed E-state index contributed by atoms with van der Waals surface area (Å²) >= 11 is 0. The summed E-state index contributed by atoms with van der Waals surface area (Å²) in [7, 11) is 3.12. The van der Waals surface area contributed by atoms with E-state index in [0.717, 1.165) is 12.0 Å². The van der Waals surface area contributed by atoms with Crippen LogP contribution in [0.15, 0.2) is 12.1 Å². The first-order valence-electron chi connectivity index (χ1n) is 5.39. The van der Waals surface area contributed by atoms with E-state index in [0.29, 0.717) is 23.6 Å². The molecule has 0 spiro atoms. The predicted octanol–water partition coefficient (Wildman–Crippen LogP) is 0.975. The van der Waals surface area contributed by atoms with E-state index in [4.69, 9.17) is 9.47 Å². The van der Waals surface area contributed by atoms with Crippen LogP contribution in [0.2, 0.25) is 0 Å². The van der Waals surface area contributed by atoms with Crippen molar-refractivity contribution < 1.29 is 19.4 Å². The van der Waals surface area contributed by atoms with Gasteiger partial charge in [-0.15, -0.1) is 0 Å². The van der Waals surface area contributed by atoms with E-state index in [1.54, 1.807) is 13.2 Å². The Kier molecular flexibility index (Phi) is 3.19. The third-order valence-electron chi connectivity index (χ3n) is 2.97. The number of nitrogens with one attached hydrogen (secondary N) is 1. The summed E-state index contributed by atoms with van der Waals surface area (Å²) in [6, 6.07) is 2.81. The number of aliphatic carboxylic acids is 1. The fraction of sp³-hybridized carbons (Fsp3) is 0.417. The second kappa shape index (κ2) is 4.63. The first-order chi connectivity index (χ1) is 8.19. The van der Waals surface area contributed by atoms with Gasteiger partial charge in [0.25, 0.3) is 0 Å². The van der Waals surface area contributed by atoms with Crippen LogP contribution < -0.4 is 14.8 Å². The molecule has 1 aromatic carbocycles. The molecule has 0 fully saturated rings. The normalized spacial score (nSPS) is 18.4. The zero-order valence-corrected chi connectivity index (χ0v) is 9.82. The van der Waals surface area contributed by atoms with Gasteiger partial charge in [0, 0.05) is 17.7 Å². The number of ether oxygens (including phenoxy) is 2. The largest absolute Gasteiger partial charge is 0.496 e. The number of fused-ring (bicyclic) bond motifs is 1. The van der Waals surface area contributed by atoms with Crippen LogP contribution >= 0.6 is 0 Å². The Labute approximate surface area is 99.3 Å². The minimum Gasteiger partial charge on any atom is -0.496 e. The van der Waals surface area contributed by atoms with Gasteiger partial charge in [-0.25, -0.2) is 0 Å². The van der Waals surface area contributed by atoms with Crippen molar-refractivity contribution in [2.75, 3.05) is 20.8 Å². The molecule has 0 aliphatic carbocycles. The van der Waals surface area contributed by atoms with Crippen LogP contribution in [-0.2, 0) is 11.2 Å². The van der Waals surface area contributed by atoms with Gasteiger partial charge in [0.1, 0.15) is 17.5 Å². The van der Waals surface area contributed by atoms with Gasteiger partial charge in [0.15, 0.2) is 0 Å². The van der Waals surface area contributed by atoms with Crippen LogP contribution in [0.3, 0.4) is 0 Å². The van der Waals surface area contributed by atoms with Crippen molar-refractivity contribution >= 4 is 5.97 Å². The van der Waals surface area contributed by atoms with Gasteiger partial charge >= 0.3 is 5.97 Å². The molecule has 0 saturated carbocycles. The van der Waals surface area contributed by atoms with Crippen LogP contribution in [0.4, 0.5) is 0 Å². The summed E-state index contributed by atoms with van der Waals surface area (Å²) in [5.41, 5.74) is 1.59. The molecule has 1 unspecified atom stereocenters. The Morgan fingerprint density at radius 1 is 1.35 bits per heavy atom. The Morgan fingerprint density at radius 2 is 2.00 bits per heavy atom. The number of benzene rings is 1. The zero-order valence-electron chi connectivity index (χ0n) is 9.82. The number of rotatable bonds is 3. The first kappa shape index (κ1) is 11.7. The molecule has 2 rings (SSSR count). The Bertz CT molecular complexity index is 444. The minimum absolute atomic E-state index is 0.584. The highest BCUT2D eigenvalue weighted by molar-refractivity contribution is 5.78. The fourth-order valence-corrected chi connectivity index (χ4v) is 2.22. The third kappa shape index (κ3) is 1.93. The fourth-order valence-electron chi connectivity index (χ4n) is 2.22. The third-order valence-corrected chi connectivity index (χ3v) is 2.97. The maximum absolute atomic E-state index is 11.2. The van der Waals surface area contributed by atoms with Gasteiger partial charge in [0.2, 0.25) is 0 Å². The van der Waals surface area contributed by atoms with Crippen molar-refractivity contribution in [2.45, 2.75) is 12.5 Å². The number of carbonyl (C=O) groups is 1. The predicted molar refractivity (Wildman–Crippen MR) is 61.6 cm³/mol. The van der Waals surface area contributed by atoms with Crippen LogP contribution in [0.1, 0.15) is 17.2 Å². The number of methoxy groups -OCH3 is 2. The maximum atomic E-state index is 11.2. The van der Waals surface area contributed by atoms with Crippen LogP contribution in [-0.4, -0.2) is 31.8 Å². The zero-order chi connectivity index (χ0) is 12.4. The van der Waals surface area contributed by atoms with E-state index < -0.39 is 12.0 Å². The number of hydrogen-bond donors (Lipinski definition) is 2. The van der Waals surface area contributed by atoms with Gasteiger partial charge in [-0.3, -0.25) is 4.79 Å². The minimum atomic E-state index is -0.905. The van der Waals surface area contributed by atoms with Crippen LogP contribution in [0.5, 0.6) is 11.5 Å². The van der Waals surface area contributed by atoms with Crippen LogP contribution in [0, 0.1) is 0 Å². The lowest BCUT2D eigenvalue weighted by Crippen LogP contribution is -2.35. The molecule has 1 heterocycles. The molecule has 1 aliphatic heterocycles. The molecule has 5 nitrogen and oxygen atoms in total. The Morgan fingerprint density at radius 3 is 2.59 bits per heavy atom. The van der Waals surface area contributed by atoms with E-state index in [1.807, 2.05) is 6.07 Å². The monoisotopic (exact) mass is 237 g/mol. The molecule has 0 bridgehead atoms. The summed E-state index contributed by atoms with van der Waals surface area (Å²) in [4.78, 5) is 11.2. The topological polar surface area (TPSA) is 67.8 Å². The van der Waals surface area contributed by atoms with E-state index >= 15 is 0 Å². The lowest BCUT2D eigenvalue weighted by atomic mass is 9.92. The van der Waals surface area contributed by atoms with Gasteiger partial charge in [-0.2, -0.15) is 0 Å². The van der Waals surface area contributed by atoms with Gasteiger partial charge < -0.3 is 19.9 Å². The average molecular weight is 237 g/mol. The highest BCUT2D eigenvalue weighted by atomic mass is 16.5. The van der Waals surface area contributed by atoms with Crippen molar-refractivity contribution in [1.82, 2.24) is 5.32 Å². The number of carboxylic acid groups (broad SMARTS) is 1. The molecule has 92 valence electrons. The molecule has 0 saturated heterocycles. The molecule has 5 heteroatoms. The summed E-state index contributed by atoms with van der Waals surface area (Å²) in [5, 5.41) is 12.2. The molecule has 0 amide bonds. The van der Waals surface area contributed by atoms with Crippen molar-refractivity contribution in [2.24, 2.45) is 0 Å². The highest BCUT2D eigenvalue weighted by Gasteiger charge is 2.31. The van der Waals surface area contributed by atoms with E-state index in [-0.39, 0.29) is 0 Å². The molecular weight excluding hydrogens is 222 g/mol. The van der Waals surface area contributed by atoms with E-state index in [1.165, 1.54) is 7.11 Å². The van der Waals surface area contributed by atoms with Gasteiger partial charge in [-0.05, 0) is 18.6 Å². The van der Waals surface area contributed by atoms with Crippen LogP contribution in [0.25, 0.3) is 0 Å². The molecular formula is C12H15NO4. The van der Waals surface area contributed by atoms with Gasteiger partial charge in [0.05, 0.1) is 14.2 Å². The lowest BCUT2D eigenvalue weighted by molar-refractivity contribution is -0.139. The SMILES string of the molecule is COc1ccc(OC)c2c1CCNC2C(=O)O. The maximum Gasteiger partial charge on any atom is 0.325 e. The average Bonchev–Trinajstić information content (AvgIpc) is 2.36. The van der Waals surface area contributed by atoms with Crippen molar-refractivity contribution in [3.63, 3.8) is 0 Å². The summed E-state index contributed by atoms with van der Waals surface area (Å²) in [6.07, 6.45) is 0.736. The van der Waals surface area contributed by atoms with E-state index in [2.05, 4.69) is 5.32 Å². The highest BCUT2D eigenvalue weighted by Crippen LogP contribution is 2.37. The van der Waals surface area contributed by atoms with Crippen molar-refractivity contribution in [1.29, 1.82) is 0 Å². The molecule has 0 aromatic heterocycles. The molecule has 2 N–H and O–H groups in total. The summed E-state index contributed by atoms with van der Waals surface area (Å²) in [5.74, 6) is 0.395. The lowest BCUT2D eigenvalue weighted by Gasteiger charge is -2.27. The van der Waals surface area contributed by atoms with E-state index in [9.17, 15) is 9.90 Å². The summed E-state index contributed by atoms with van der Waals surface area (Å²) < 4.78 is 10.5. The molecule has 1 aliphatic rings. The molecule has 1 atom stereocenters. The second-order valence-electron chi connectivity index (χ2n) is 3.84. The first-order valence-corrected chi connectivity index (χ1v) is 5.39. The molecule has 0 radical (unpaired) electrons. The number of carboxylic acids is 1. The molecule has 1 aromatic rings. The second-order valence-corrected chi connectivity index (χ2v) is 3.84. The van der Waals surface area contributed by atoms with Gasteiger partial charge in [-0.1, -0.05) is 0 Å².